The molecule has 1 aliphatic heterocycles. The van der Waals surface area contributed by atoms with E-state index in [0.717, 1.165) is 35.3 Å². The van der Waals surface area contributed by atoms with E-state index in [-0.39, 0.29) is 17.9 Å². The molecule has 5 rings (SSSR count). The Kier molecular flexibility index (Phi) is 10.8. The molecule has 1 atom stereocenters. The highest BCUT2D eigenvalue weighted by Crippen LogP contribution is 2.27. The fraction of sp³-hybridized carbons (Fsp3) is 0.371. The van der Waals surface area contributed by atoms with Crippen LogP contribution < -0.4 is 9.47 Å². The molecule has 9 nitrogen and oxygen atoms in total. The Morgan fingerprint density at radius 3 is 2.31 bits per heavy atom. The standard InChI is InChI=1S/C35H41N5O4S/c1-25-12-8-9-15-31(25)40-32(20-27-13-6-5-7-14-27)36-37-35(40)45-19-11-10-16-33(41)38-17-18-39(26(2)24-38)34(42)28-21-29(43-3)23-30(22-28)44-4/h5-9,12-15,21-23,26H,10-11,16-20,24H2,1-4H3. The Labute approximate surface area is 269 Å². The van der Waals surface area contributed by atoms with Gasteiger partial charge in [0, 0.05) is 55.9 Å². The number of methoxy groups -OCH3 is 2. The minimum atomic E-state index is -0.0964. The Morgan fingerprint density at radius 1 is 0.911 bits per heavy atom. The molecule has 10 heteroatoms. The summed E-state index contributed by atoms with van der Waals surface area (Å²) in [5.41, 5.74) is 3.96. The smallest absolute Gasteiger partial charge is 0.254 e. The van der Waals surface area contributed by atoms with E-state index in [1.807, 2.05) is 47.1 Å². The predicted molar refractivity (Wildman–Crippen MR) is 177 cm³/mol. The van der Waals surface area contributed by atoms with E-state index in [1.54, 1.807) is 44.2 Å². The van der Waals surface area contributed by atoms with E-state index in [4.69, 9.17) is 9.47 Å². The number of ether oxygens (including phenoxy) is 2. The number of unbranched alkanes of at least 4 members (excludes halogenated alkanes) is 1. The normalized spacial score (nSPS) is 14.8. The number of aryl methyl sites for hydroxylation is 1. The molecule has 4 aromatic rings. The van der Waals surface area contributed by atoms with Crippen LogP contribution in [0.2, 0.25) is 0 Å². The van der Waals surface area contributed by atoms with Gasteiger partial charge in [0.05, 0.1) is 19.9 Å². The molecule has 2 heterocycles. The van der Waals surface area contributed by atoms with Crippen molar-refractivity contribution in [3.05, 3.63) is 95.3 Å². The van der Waals surface area contributed by atoms with E-state index in [1.165, 1.54) is 11.1 Å². The summed E-state index contributed by atoms with van der Waals surface area (Å²) in [6, 6.07) is 23.7. The Hall–Kier alpha value is -4.31. The van der Waals surface area contributed by atoms with Gasteiger partial charge in [-0.3, -0.25) is 14.2 Å². The van der Waals surface area contributed by atoms with Gasteiger partial charge in [-0.05, 0) is 56.0 Å². The van der Waals surface area contributed by atoms with Crippen LogP contribution in [0.1, 0.15) is 53.5 Å². The van der Waals surface area contributed by atoms with Crippen LogP contribution in [-0.4, -0.2) is 82.0 Å². The van der Waals surface area contributed by atoms with E-state index in [9.17, 15) is 9.59 Å². The number of aromatic nitrogens is 3. The number of thioether (sulfide) groups is 1. The van der Waals surface area contributed by atoms with E-state index >= 15 is 0 Å². The minimum Gasteiger partial charge on any atom is -0.497 e. The SMILES string of the molecule is COc1cc(OC)cc(C(=O)N2CCN(C(=O)CCCCSc3nnc(Cc4ccccc4)n3-c3ccccc3C)CC2C)c1. The van der Waals surface area contributed by atoms with Crippen molar-refractivity contribution in [2.24, 2.45) is 0 Å². The Bertz CT molecular complexity index is 1590. The fourth-order valence-corrected chi connectivity index (χ4v) is 6.59. The molecule has 1 aromatic heterocycles. The van der Waals surface area contributed by atoms with E-state index in [2.05, 4.69) is 46.0 Å². The van der Waals surface area contributed by atoms with Crippen molar-refractivity contribution in [1.82, 2.24) is 24.6 Å². The number of hydrogen-bond acceptors (Lipinski definition) is 7. The molecule has 0 N–H and O–H groups in total. The topological polar surface area (TPSA) is 89.8 Å². The number of carbonyl (C=O) groups excluding carboxylic acids is 2. The van der Waals surface area contributed by atoms with Crippen molar-refractivity contribution < 1.29 is 19.1 Å². The van der Waals surface area contributed by atoms with Crippen molar-refractivity contribution in [3.63, 3.8) is 0 Å². The maximum absolute atomic E-state index is 13.3. The summed E-state index contributed by atoms with van der Waals surface area (Å²) in [6.45, 7) is 5.62. The highest BCUT2D eigenvalue weighted by Gasteiger charge is 2.30. The molecule has 1 unspecified atom stereocenters. The molecule has 45 heavy (non-hydrogen) atoms. The summed E-state index contributed by atoms with van der Waals surface area (Å²) in [4.78, 5) is 30.1. The van der Waals surface area contributed by atoms with Crippen molar-refractivity contribution >= 4 is 23.6 Å². The molecule has 1 aliphatic rings. The first-order valence-corrected chi connectivity index (χ1v) is 16.3. The molecule has 236 valence electrons. The Morgan fingerprint density at radius 2 is 1.62 bits per heavy atom. The summed E-state index contributed by atoms with van der Waals surface area (Å²) in [5.74, 6) is 2.93. The molecular formula is C35H41N5O4S. The number of carbonyl (C=O) groups is 2. The summed E-state index contributed by atoms with van der Waals surface area (Å²) in [5, 5.41) is 10.00. The van der Waals surface area contributed by atoms with Crippen LogP contribution in [0.25, 0.3) is 5.69 Å². The van der Waals surface area contributed by atoms with Gasteiger partial charge in [0.2, 0.25) is 5.91 Å². The number of rotatable bonds is 12. The van der Waals surface area contributed by atoms with Gasteiger partial charge >= 0.3 is 0 Å². The van der Waals surface area contributed by atoms with Crippen LogP contribution in [0.15, 0.2) is 78.0 Å². The average molecular weight is 628 g/mol. The fourth-order valence-electron chi connectivity index (χ4n) is 5.63. The monoisotopic (exact) mass is 627 g/mol. The summed E-state index contributed by atoms with van der Waals surface area (Å²) < 4.78 is 12.8. The lowest BCUT2D eigenvalue weighted by Gasteiger charge is -2.40. The third-order valence-corrected chi connectivity index (χ3v) is 9.13. The van der Waals surface area contributed by atoms with Crippen LogP contribution >= 0.6 is 11.8 Å². The third kappa shape index (κ3) is 7.86. The number of benzene rings is 3. The maximum atomic E-state index is 13.3. The molecule has 0 bridgehead atoms. The zero-order valence-corrected chi connectivity index (χ0v) is 27.3. The second-order valence-corrected chi connectivity index (χ2v) is 12.3. The van der Waals surface area contributed by atoms with E-state index < -0.39 is 0 Å². The quantitative estimate of drug-likeness (QED) is 0.145. The predicted octanol–water partition coefficient (Wildman–Crippen LogP) is 5.82. The zero-order chi connectivity index (χ0) is 31.8. The largest absolute Gasteiger partial charge is 0.497 e. The van der Waals surface area contributed by atoms with Crippen LogP contribution in [-0.2, 0) is 11.2 Å². The highest BCUT2D eigenvalue weighted by molar-refractivity contribution is 7.99. The van der Waals surface area contributed by atoms with Gasteiger partial charge in [-0.1, -0.05) is 60.3 Å². The first-order chi connectivity index (χ1) is 21.9. The average Bonchev–Trinajstić information content (AvgIpc) is 3.45. The van der Waals surface area contributed by atoms with Gasteiger partial charge in [-0.2, -0.15) is 0 Å². The maximum Gasteiger partial charge on any atom is 0.254 e. The third-order valence-electron chi connectivity index (χ3n) is 8.12. The Balaban J connectivity index is 1.13. The first kappa shape index (κ1) is 32.1. The van der Waals surface area contributed by atoms with Crippen LogP contribution in [0.4, 0.5) is 0 Å². The van der Waals surface area contributed by atoms with Crippen LogP contribution in [0.3, 0.4) is 0 Å². The van der Waals surface area contributed by atoms with E-state index in [0.29, 0.717) is 49.5 Å². The molecule has 0 radical (unpaired) electrons. The van der Waals surface area contributed by atoms with Gasteiger partial charge in [0.25, 0.3) is 5.91 Å². The van der Waals surface area contributed by atoms with Gasteiger partial charge in [0.1, 0.15) is 17.3 Å². The van der Waals surface area contributed by atoms with Crippen molar-refractivity contribution in [3.8, 4) is 17.2 Å². The van der Waals surface area contributed by atoms with Gasteiger partial charge in [0.15, 0.2) is 5.16 Å². The molecule has 1 saturated heterocycles. The second kappa shape index (κ2) is 15.1. The molecule has 0 spiro atoms. The number of para-hydroxylation sites is 1. The minimum absolute atomic E-state index is 0.0886. The first-order valence-electron chi connectivity index (χ1n) is 15.4. The van der Waals surface area contributed by atoms with Gasteiger partial charge < -0.3 is 19.3 Å². The summed E-state index contributed by atoms with van der Waals surface area (Å²) in [7, 11) is 3.13. The lowest BCUT2D eigenvalue weighted by atomic mass is 10.1. The lowest BCUT2D eigenvalue weighted by molar-refractivity contribution is -0.133. The van der Waals surface area contributed by atoms with Crippen LogP contribution in [0.5, 0.6) is 11.5 Å². The lowest BCUT2D eigenvalue weighted by Crippen LogP contribution is -2.55. The summed E-state index contributed by atoms with van der Waals surface area (Å²) in [6.07, 6.45) is 2.86. The molecule has 0 aliphatic carbocycles. The molecule has 3 aromatic carbocycles. The molecular weight excluding hydrogens is 586 g/mol. The molecule has 2 amide bonds. The van der Waals surface area contributed by atoms with Crippen molar-refractivity contribution in [2.45, 2.75) is 50.7 Å². The number of amides is 2. The molecule has 0 saturated carbocycles. The van der Waals surface area contributed by atoms with Gasteiger partial charge in [-0.25, -0.2) is 0 Å². The number of nitrogens with zero attached hydrogens (tertiary/aromatic N) is 5. The zero-order valence-electron chi connectivity index (χ0n) is 26.4. The van der Waals surface area contributed by atoms with Gasteiger partial charge in [-0.15, -0.1) is 10.2 Å². The van der Waals surface area contributed by atoms with Crippen molar-refractivity contribution in [2.75, 3.05) is 39.6 Å². The number of hydrogen-bond donors (Lipinski definition) is 0. The molecule has 1 fully saturated rings. The number of piperazine rings is 1. The summed E-state index contributed by atoms with van der Waals surface area (Å²) >= 11 is 1.68. The van der Waals surface area contributed by atoms with Crippen LogP contribution in [0, 0.1) is 6.92 Å². The second-order valence-electron chi connectivity index (χ2n) is 11.3. The highest BCUT2D eigenvalue weighted by atomic mass is 32.2. The van der Waals surface area contributed by atoms with Crippen molar-refractivity contribution in [1.29, 1.82) is 0 Å².